The summed E-state index contributed by atoms with van der Waals surface area (Å²) in [4.78, 5) is 4.50. The van der Waals surface area contributed by atoms with E-state index in [4.69, 9.17) is 4.74 Å². The SMILES string of the molecule is CCC(C)Oc1cc(C)ccc1CNC(=NC)NCc1ccc(S(=O)(=O)NC)cc1.I. The molecule has 2 aromatic rings. The van der Waals surface area contributed by atoms with E-state index in [1.807, 2.05) is 6.92 Å². The molecule has 0 aliphatic rings. The highest BCUT2D eigenvalue weighted by molar-refractivity contribution is 14.0. The van der Waals surface area contributed by atoms with E-state index in [9.17, 15) is 8.42 Å². The monoisotopic (exact) mass is 560 g/mol. The third-order valence-electron chi connectivity index (χ3n) is 4.76. The van der Waals surface area contributed by atoms with Crippen LogP contribution >= 0.6 is 24.0 Å². The molecule has 0 saturated heterocycles. The summed E-state index contributed by atoms with van der Waals surface area (Å²) in [7, 11) is -0.318. The Bertz CT molecular complexity index is 963. The molecule has 0 fully saturated rings. The average Bonchev–Trinajstić information content (AvgIpc) is 2.75. The van der Waals surface area contributed by atoms with Crippen molar-refractivity contribution in [1.82, 2.24) is 15.4 Å². The number of aliphatic imine (C=N–C) groups is 1. The van der Waals surface area contributed by atoms with Crippen LogP contribution in [-0.4, -0.2) is 34.6 Å². The molecule has 1 unspecified atom stereocenters. The van der Waals surface area contributed by atoms with E-state index >= 15 is 0 Å². The molecular formula is C22H33IN4O3S. The molecule has 0 heterocycles. The highest BCUT2D eigenvalue weighted by Gasteiger charge is 2.11. The Labute approximate surface area is 203 Å². The molecule has 0 aliphatic carbocycles. The fraction of sp³-hybridized carbons (Fsp3) is 0.409. The summed E-state index contributed by atoms with van der Waals surface area (Å²) in [5, 5.41) is 6.55. The van der Waals surface area contributed by atoms with Crippen LogP contribution in [0.2, 0.25) is 0 Å². The van der Waals surface area contributed by atoms with Crippen LogP contribution in [0, 0.1) is 6.92 Å². The maximum Gasteiger partial charge on any atom is 0.240 e. The first kappa shape index (κ1) is 27.2. The largest absolute Gasteiger partial charge is 0.490 e. The van der Waals surface area contributed by atoms with Gasteiger partial charge < -0.3 is 15.4 Å². The lowest BCUT2D eigenvalue weighted by Crippen LogP contribution is -2.36. The van der Waals surface area contributed by atoms with Crippen LogP contribution in [0.5, 0.6) is 5.75 Å². The van der Waals surface area contributed by atoms with E-state index in [1.54, 1.807) is 31.3 Å². The fourth-order valence-electron chi connectivity index (χ4n) is 2.71. The van der Waals surface area contributed by atoms with Crippen molar-refractivity contribution in [3.63, 3.8) is 0 Å². The van der Waals surface area contributed by atoms with Gasteiger partial charge >= 0.3 is 0 Å². The molecule has 7 nitrogen and oxygen atoms in total. The summed E-state index contributed by atoms with van der Waals surface area (Å²) in [5.41, 5.74) is 3.16. The first-order valence-electron chi connectivity index (χ1n) is 10.0. The second-order valence-corrected chi connectivity index (χ2v) is 8.97. The molecule has 3 N–H and O–H groups in total. The first-order valence-corrected chi connectivity index (χ1v) is 11.5. The molecule has 2 aromatic carbocycles. The van der Waals surface area contributed by atoms with Gasteiger partial charge in [0.1, 0.15) is 5.75 Å². The van der Waals surface area contributed by atoms with Gasteiger partial charge in [0.2, 0.25) is 10.0 Å². The van der Waals surface area contributed by atoms with Crippen LogP contribution < -0.4 is 20.1 Å². The molecule has 0 bridgehead atoms. The van der Waals surface area contributed by atoms with Gasteiger partial charge in [-0.3, -0.25) is 4.99 Å². The summed E-state index contributed by atoms with van der Waals surface area (Å²) >= 11 is 0. The number of guanidine groups is 1. The van der Waals surface area contributed by atoms with Gasteiger partial charge in [0.25, 0.3) is 0 Å². The van der Waals surface area contributed by atoms with Gasteiger partial charge in [-0.05, 0) is 56.6 Å². The maximum absolute atomic E-state index is 11.8. The molecule has 0 amide bonds. The maximum atomic E-state index is 11.8. The zero-order valence-corrected chi connectivity index (χ0v) is 21.9. The Hall–Kier alpha value is -1.85. The van der Waals surface area contributed by atoms with Crippen LogP contribution in [0.15, 0.2) is 52.4 Å². The molecule has 0 aliphatic heterocycles. The molecule has 2 rings (SSSR count). The molecule has 31 heavy (non-hydrogen) atoms. The molecule has 0 spiro atoms. The molecule has 172 valence electrons. The Kier molecular flexibility index (Phi) is 11.3. The third kappa shape index (κ3) is 8.30. The standard InChI is InChI=1S/C22H32N4O3S.HI/c1-6-17(3)29-21-13-16(2)7-10-19(21)15-26-22(23-4)25-14-18-8-11-20(12-9-18)30(27,28)24-5;/h7-13,17,24H,6,14-15H2,1-5H3,(H2,23,25,26);1H. The number of aryl methyl sites for hydroxylation is 1. The molecule has 1 atom stereocenters. The van der Waals surface area contributed by atoms with Crippen molar-refractivity contribution in [3.05, 3.63) is 59.2 Å². The summed E-state index contributed by atoms with van der Waals surface area (Å²) in [6.07, 6.45) is 1.09. The van der Waals surface area contributed by atoms with Crippen molar-refractivity contribution >= 4 is 40.0 Å². The van der Waals surface area contributed by atoms with Crippen molar-refractivity contribution in [1.29, 1.82) is 0 Å². The molecular weight excluding hydrogens is 527 g/mol. The zero-order chi connectivity index (χ0) is 22.1. The second-order valence-electron chi connectivity index (χ2n) is 7.08. The quantitative estimate of drug-likeness (QED) is 0.248. The Morgan fingerprint density at radius 2 is 1.74 bits per heavy atom. The van der Waals surface area contributed by atoms with Crippen molar-refractivity contribution in [2.45, 2.75) is 51.3 Å². The predicted molar refractivity (Wildman–Crippen MR) is 137 cm³/mol. The number of ether oxygens (including phenoxy) is 1. The van der Waals surface area contributed by atoms with Crippen molar-refractivity contribution < 1.29 is 13.2 Å². The normalized spacial score (nSPS) is 12.6. The third-order valence-corrected chi connectivity index (χ3v) is 6.19. The topological polar surface area (TPSA) is 91.8 Å². The van der Waals surface area contributed by atoms with Crippen LogP contribution in [0.25, 0.3) is 0 Å². The Balaban J connectivity index is 0.00000480. The molecule has 9 heteroatoms. The summed E-state index contributed by atoms with van der Waals surface area (Å²) < 4.78 is 32.0. The van der Waals surface area contributed by atoms with E-state index in [0.717, 1.165) is 28.9 Å². The van der Waals surface area contributed by atoms with E-state index < -0.39 is 10.0 Å². The zero-order valence-electron chi connectivity index (χ0n) is 18.7. The highest BCUT2D eigenvalue weighted by Crippen LogP contribution is 2.22. The highest BCUT2D eigenvalue weighted by atomic mass is 127. The lowest BCUT2D eigenvalue weighted by Gasteiger charge is -2.18. The van der Waals surface area contributed by atoms with E-state index in [-0.39, 0.29) is 35.0 Å². The van der Waals surface area contributed by atoms with E-state index in [0.29, 0.717) is 19.0 Å². The van der Waals surface area contributed by atoms with Gasteiger partial charge in [-0.15, -0.1) is 24.0 Å². The van der Waals surface area contributed by atoms with E-state index in [2.05, 4.69) is 52.4 Å². The smallest absolute Gasteiger partial charge is 0.240 e. The van der Waals surface area contributed by atoms with E-state index in [1.165, 1.54) is 7.05 Å². The van der Waals surface area contributed by atoms with Crippen LogP contribution in [0.1, 0.15) is 37.0 Å². The van der Waals surface area contributed by atoms with Crippen LogP contribution in [0.4, 0.5) is 0 Å². The van der Waals surface area contributed by atoms with Crippen molar-refractivity contribution in [3.8, 4) is 5.75 Å². The van der Waals surface area contributed by atoms with Gasteiger partial charge in [-0.25, -0.2) is 13.1 Å². The van der Waals surface area contributed by atoms with Gasteiger partial charge in [-0.2, -0.15) is 0 Å². The van der Waals surface area contributed by atoms with Crippen LogP contribution in [0.3, 0.4) is 0 Å². The summed E-state index contributed by atoms with van der Waals surface area (Å²) in [5.74, 6) is 1.53. The number of nitrogens with zero attached hydrogens (tertiary/aromatic N) is 1. The first-order chi connectivity index (χ1) is 14.3. The van der Waals surface area contributed by atoms with Crippen molar-refractivity contribution in [2.24, 2.45) is 4.99 Å². The molecule has 0 radical (unpaired) electrons. The number of hydrogen-bond acceptors (Lipinski definition) is 4. The van der Waals surface area contributed by atoms with Crippen LogP contribution in [-0.2, 0) is 23.1 Å². The number of halogens is 1. The molecule has 0 saturated carbocycles. The number of sulfonamides is 1. The Morgan fingerprint density at radius 3 is 2.32 bits per heavy atom. The predicted octanol–water partition coefficient (Wildman–Crippen LogP) is 3.56. The lowest BCUT2D eigenvalue weighted by molar-refractivity contribution is 0.215. The molecule has 0 aromatic heterocycles. The average molecular weight is 561 g/mol. The minimum absolute atomic E-state index is 0. The van der Waals surface area contributed by atoms with Gasteiger partial charge in [0.05, 0.1) is 11.0 Å². The second kappa shape index (κ2) is 12.9. The summed E-state index contributed by atoms with van der Waals surface area (Å²) in [6.45, 7) is 7.31. The van der Waals surface area contributed by atoms with Gasteiger partial charge in [0, 0.05) is 25.7 Å². The minimum Gasteiger partial charge on any atom is -0.490 e. The Morgan fingerprint density at radius 1 is 1.10 bits per heavy atom. The number of rotatable bonds is 9. The van der Waals surface area contributed by atoms with Crippen molar-refractivity contribution in [2.75, 3.05) is 14.1 Å². The number of benzene rings is 2. The number of nitrogens with one attached hydrogen (secondary N) is 3. The number of hydrogen-bond donors (Lipinski definition) is 3. The minimum atomic E-state index is -3.43. The van der Waals surface area contributed by atoms with Gasteiger partial charge in [-0.1, -0.05) is 31.2 Å². The summed E-state index contributed by atoms with van der Waals surface area (Å²) in [6, 6.07) is 12.9. The van der Waals surface area contributed by atoms with Gasteiger partial charge in [0.15, 0.2) is 5.96 Å². The fourth-order valence-corrected chi connectivity index (χ4v) is 3.44. The lowest BCUT2D eigenvalue weighted by atomic mass is 10.1.